The van der Waals surface area contributed by atoms with E-state index in [-0.39, 0.29) is 17.4 Å². The molecular formula is C25H26ClN3O4S. The molecule has 3 aromatic carbocycles. The summed E-state index contributed by atoms with van der Waals surface area (Å²) < 4.78 is 33.0. The van der Waals surface area contributed by atoms with Crippen molar-refractivity contribution in [1.29, 1.82) is 0 Å². The Morgan fingerprint density at radius 1 is 0.941 bits per heavy atom. The SMILES string of the molecule is Cc1ccc(S(=O)(=O)N2CCN(c3c(Cl)cccc3NC(=O)COc3ccccc3)CC2)cc1. The molecule has 1 aliphatic heterocycles. The minimum atomic E-state index is -3.57. The smallest absolute Gasteiger partial charge is 0.262 e. The van der Waals surface area contributed by atoms with Crippen molar-refractivity contribution in [3.05, 3.63) is 83.4 Å². The highest BCUT2D eigenvalue weighted by atomic mass is 35.5. The summed E-state index contributed by atoms with van der Waals surface area (Å²) in [5.74, 6) is 0.294. The van der Waals surface area contributed by atoms with Crippen LogP contribution < -0.4 is 15.0 Å². The van der Waals surface area contributed by atoms with Gasteiger partial charge in [-0.05, 0) is 43.3 Å². The lowest BCUT2D eigenvalue weighted by Crippen LogP contribution is -2.49. The first-order chi connectivity index (χ1) is 16.3. The Balaban J connectivity index is 1.43. The van der Waals surface area contributed by atoms with Gasteiger partial charge in [0.25, 0.3) is 5.91 Å². The number of aryl methyl sites for hydroxylation is 1. The lowest BCUT2D eigenvalue weighted by molar-refractivity contribution is -0.118. The van der Waals surface area contributed by atoms with Crippen LogP contribution in [0.25, 0.3) is 0 Å². The lowest BCUT2D eigenvalue weighted by Gasteiger charge is -2.36. The quantitative estimate of drug-likeness (QED) is 0.527. The molecule has 0 aromatic heterocycles. The summed E-state index contributed by atoms with van der Waals surface area (Å²) in [6.45, 7) is 3.29. The standard InChI is InChI=1S/C25H26ClN3O4S/c1-19-10-12-21(13-11-19)34(31,32)29-16-14-28(15-17-29)25-22(26)8-5-9-23(25)27-24(30)18-33-20-6-3-2-4-7-20/h2-13H,14-18H2,1H3,(H,27,30). The number of hydrogen-bond acceptors (Lipinski definition) is 5. The van der Waals surface area contributed by atoms with Gasteiger partial charge in [-0.3, -0.25) is 4.79 Å². The van der Waals surface area contributed by atoms with Crippen molar-refractivity contribution in [1.82, 2.24) is 4.31 Å². The van der Waals surface area contributed by atoms with Crippen molar-refractivity contribution in [3.8, 4) is 5.75 Å². The summed E-state index contributed by atoms with van der Waals surface area (Å²) in [4.78, 5) is 14.8. The highest BCUT2D eigenvalue weighted by Gasteiger charge is 2.30. The van der Waals surface area contributed by atoms with Gasteiger partial charge in [0.15, 0.2) is 6.61 Å². The van der Waals surface area contributed by atoms with E-state index < -0.39 is 10.0 Å². The fourth-order valence-electron chi connectivity index (χ4n) is 3.80. The number of carbonyl (C=O) groups excluding carboxylic acids is 1. The molecule has 1 fully saturated rings. The zero-order valence-electron chi connectivity index (χ0n) is 18.8. The van der Waals surface area contributed by atoms with E-state index >= 15 is 0 Å². The summed E-state index contributed by atoms with van der Waals surface area (Å²) in [6, 6.07) is 21.2. The molecule has 9 heteroatoms. The zero-order chi connectivity index (χ0) is 24.1. The zero-order valence-corrected chi connectivity index (χ0v) is 20.3. The molecule has 0 spiro atoms. The largest absolute Gasteiger partial charge is 0.484 e. The number of ether oxygens (including phenoxy) is 1. The van der Waals surface area contributed by atoms with E-state index in [2.05, 4.69) is 5.32 Å². The van der Waals surface area contributed by atoms with E-state index in [1.54, 1.807) is 54.6 Å². The van der Waals surface area contributed by atoms with E-state index in [0.717, 1.165) is 5.56 Å². The lowest BCUT2D eigenvalue weighted by atomic mass is 10.2. The van der Waals surface area contributed by atoms with Gasteiger partial charge in [-0.25, -0.2) is 8.42 Å². The van der Waals surface area contributed by atoms with Crippen molar-refractivity contribution in [2.45, 2.75) is 11.8 Å². The van der Waals surface area contributed by atoms with Crippen molar-refractivity contribution >= 4 is 38.9 Å². The Kier molecular flexibility index (Phi) is 7.41. The molecule has 1 N–H and O–H groups in total. The van der Waals surface area contributed by atoms with E-state index in [1.165, 1.54) is 4.31 Å². The van der Waals surface area contributed by atoms with Crippen LogP contribution in [-0.2, 0) is 14.8 Å². The molecule has 1 amide bonds. The molecule has 0 saturated carbocycles. The molecule has 0 aliphatic carbocycles. The maximum absolute atomic E-state index is 13.0. The predicted molar refractivity (Wildman–Crippen MR) is 134 cm³/mol. The molecule has 1 saturated heterocycles. The van der Waals surface area contributed by atoms with Crippen LogP contribution in [0.4, 0.5) is 11.4 Å². The van der Waals surface area contributed by atoms with Crippen LogP contribution in [0.2, 0.25) is 5.02 Å². The normalized spacial score (nSPS) is 14.6. The minimum absolute atomic E-state index is 0.140. The van der Waals surface area contributed by atoms with Crippen LogP contribution in [0.15, 0.2) is 77.7 Å². The Bertz CT molecular complexity index is 1240. The molecule has 4 rings (SSSR count). The molecule has 0 atom stereocenters. The van der Waals surface area contributed by atoms with E-state index in [4.69, 9.17) is 16.3 Å². The fourth-order valence-corrected chi connectivity index (χ4v) is 5.52. The van der Waals surface area contributed by atoms with Crippen LogP contribution in [0.3, 0.4) is 0 Å². The van der Waals surface area contributed by atoms with Crippen LogP contribution in [0.1, 0.15) is 5.56 Å². The first-order valence-corrected chi connectivity index (χ1v) is 12.7. The number of benzene rings is 3. The van der Waals surface area contributed by atoms with Crippen molar-refractivity contribution < 1.29 is 17.9 Å². The summed E-state index contributed by atoms with van der Waals surface area (Å²) in [7, 11) is -3.57. The number of halogens is 1. The van der Waals surface area contributed by atoms with Crippen LogP contribution in [-0.4, -0.2) is 51.4 Å². The Labute approximate surface area is 205 Å². The van der Waals surface area contributed by atoms with Gasteiger partial charge in [0.2, 0.25) is 10.0 Å². The molecule has 34 heavy (non-hydrogen) atoms. The molecule has 178 valence electrons. The average Bonchev–Trinajstić information content (AvgIpc) is 2.84. The van der Waals surface area contributed by atoms with Gasteiger partial charge in [-0.15, -0.1) is 0 Å². The molecule has 1 heterocycles. The Morgan fingerprint density at radius 2 is 1.62 bits per heavy atom. The first-order valence-electron chi connectivity index (χ1n) is 10.9. The topological polar surface area (TPSA) is 79.0 Å². The van der Waals surface area contributed by atoms with Crippen LogP contribution >= 0.6 is 11.6 Å². The fraction of sp³-hybridized carbons (Fsp3) is 0.240. The number of rotatable bonds is 7. The third-order valence-corrected chi connectivity index (χ3v) is 7.81. The van der Waals surface area contributed by atoms with Crippen LogP contribution in [0, 0.1) is 6.92 Å². The number of nitrogens with one attached hydrogen (secondary N) is 1. The number of amides is 1. The first kappa shape index (κ1) is 24.1. The summed E-state index contributed by atoms with van der Waals surface area (Å²) >= 11 is 6.50. The maximum atomic E-state index is 13.0. The predicted octanol–water partition coefficient (Wildman–Crippen LogP) is 4.18. The molecule has 3 aromatic rings. The number of sulfonamides is 1. The summed E-state index contributed by atoms with van der Waals surface area (Å²) in [5.41, 5.74) is 2.24. The summed E-state index contributed by atoms with van der Waals surface area (Å²) in [5, 5.41) is 3.35. The van der Waals surface area contributed by atoms with E-state index in [9.17, 15) is 13.2 Å². The Hall–Kier alpha value is -3.07. The molecule has 0 bridgehead atoms. The number of para-hydroxylation sites is 2. The van der Waals surface area contributed by atoms with Gasteiger partial charge in [0, 0.05) is 26.2 Å². The van der Waals surface area contributed by atoms with Gasteiger partial charge in [0.1, 0.15) is 5.75 Å². The second-order valence-electron chi connectivity index (χ2n) is 7.99. The third-order valence-electron chi connectivity index (χ3n) is 5.59. The number of nitrogens with zero attached hydrogens (tertiary/aromatic N) is 2. The highest BCUT2D eigenvalue weighted by Crippen LogP contribution is 2.35. The second-order valence-corrected chi connectivity index (χ2v) is 10.3. The molecule has 0 radical (unpaired) electrons. The summed E-state index contributed by atoms with van der Waals surface area (Å²) in [6.07, 6.45) is 0. The maximum Gasteiger partial charge on any atom is 0.262 e. The van der Waals surface area contributed by atoms with Gasteiger partial charge >= 0.3 is 0 Å². The van der Waals surface area contributed by atoms with Crippen molar-refractivity contribution in [2.75, 3.05) is 43.0 Å². The van der Waals surface area contributed by atoms with Gasteiger partial charge in [-0.2, -0.15) is 4.31 Å². The average molecular weight is 500 g/mol. The third kappa shape index (κ3) is 5.52. The van der Waals surface area contributed by atoms with Gasteiger partial charge in [0.05, 0.1) is 21.3 Å². The highest BCUT2D eigenvalue weighted by molar-refractivity contribution is 7.89. The molecular weight excluding hydrogens is 474 g/mol. The molecule has 7 nitrogen and oxygen atoms in total. The second kappa shape index (κ2) is 10.5. The number of piperazine rings is 1. The van der Waals surface area contributed by atoms with Crippen LogP contribution in [0.5, 0.6) is 5.75 Å². The van der Waals surface area contributed by atoms with Gasteiger partial charge < -0.3 is 15.0 Å². The van der Waals surface area contributed by atoms with Gasteiger partial charge in [-0.1, -0.05) is 53.6 Å². The minimum Gasteiger partial charge on any atom is -0.484 e. The number of carbonyl (C=O) groups is 1. The number of hydrogen-bond donors (Lipinski definition) is 1. The van der Waals surface area contributed by atoms with Crippen molar-refractivity contribution in [3.63, 3.8) is 0 Å². The Morgan fingerprint density at radius 3 is 2.29 bits per heavy atom. The molecule has 1 aliphatic rings. The number of anilines is 2. The van der Waals surface area contributed by atoms with E-state index in [1.807, 2.05) is 30.0 Å². The van der Waals surface area contributed by atoms with Crippen molar-refractivity contribution in [2.24, 2.45) is 0 Å². The monoisotopic (exact) mass is 499 g/mol. The molecule has 0 unspecified atom stereocenters. The van der Waals surface area contributed by atoms with E-state index in [0.29, 0.717) is 48.3 Å².